The maximum Gasteiger partial charge on any atom is 0.177 e. The lowest BCUT2D eigenvalue weighted by atomic mass is 10.3. The van der Waals surface area contributed by atoms with E-state index in [-0.39, 0.29) is 0 Å². The molecule has 5 heteroatoms. The number of imidazole rings is 1. The maximum absolute atomic E-state index is 5.38. The summed E-state index contributed by atoms with van der Waals surface area (Å²) in [7, 11) is 0. The Hall–Kier alpha value is -1.62. The number of aromatic nitrogens is 3. The highest BCUT2D eigenvalue weighted by molar-refractivity contribution is 5.69. The van der Waals surface area contributed by atoms with Crippen LogP contribution in [0.3, 0.4) is 0 Å². The van der Waals surface area contributed by atoms with Crippen molar-refractivity contribution >= 4 is 11.3 Å². The zero-order valence-corrected chi connectivity index (χ0v) is 10.2. The number of morpholine rings is 1. The fourth-order valence-corrected chi connectivity index (χ4v) is 2.20. The molecule has 0 bridgehead atoms. The second-order valence-electron chi connectivity index (χ2n) is 4.33. The third-order valence-corrected chi connectivity index (χ3v) is 3.31. The highest BCUT2D eigenvalue weighted by Gasteiger charge is 2.17. The minimum Gasteiger partial charge on any atom is -0.378 e. The number of fused-ring (bicyclic) bond motifs is 1. The molecule has 1 saturated heterocycles. The molecule has 0 unspecified atom stereocenters. The predicted octanol–water partition coefficient (Wildman–Crippen LogP) is 1.18. The fraction of sp³-hybridized carbons (Fsp3) is 0.500. The minimum atomic E-state index is 0.785. The molecular weight excluding hydrogens is 216 g/mol. The smallest absolute Gasteiger partial charge is 0.177 e. The quantitative estimate of drug-likeness (QED) is 0.740. The summed E-state index contributed by atoms with van der Waals surface area (Å²) in [5.41, 5.74) is 4.25. The molecule has 0 spiro atoms. The van der Waals surface area contributed by atoms with E-state index < -0.39 is 0 Å². The summed E-state index contributed by atoms with van der Waals surface area (Å²) in [5.74, 6) is 0. The number of hydrogen-bond donors (Lipinski definition) is 0. The molecule has 0 saturated carbocycles. The molecule has 2 aromatic rings. The molecule has 5 nitrogen and oxygen atoms in total. The number of rotatable bonds is 1. The first kappa shape index (κ1) is 10.5. The van der Waals surface area contributed by atoms with Gasteiger partial charge in [0.1, 0.15) is 0 Å². The Morgan fingerprint density at radius 2 is 2.00 bits per heavy atom. The van der Waals surface area contributed by atoms with Crippen LogP contribution < -0.4 is 4.90 Å². The van der Waals surface area contributed by atoms with E-state index in [2.05, 4.69) is 15.0 Å². The van der Waals surface area contributed by atoms with E-state index in [4.69, 9.17) is 4.74 Å². The van der Waals surface area contributed by atoms with E-state index in [0.717, 1.165) is 49.0 Å². The number of nitrogens with zero attached hydrogens (tertiary/aromatic N) is 4. The van der Waals surface area contributed by atoms with E-state index in [1.807, 2.05) is 30.6 Å². The summed E-state index contributed by atoms with van der Waals surface area (Å²) in [4.78, 5) is 6.92. The van der Waals surface area contributed by atoms with Crippen LogP contribution >= 0.6 is 0 Å². The molecule has 0 radical (unpaired) electrons. The van der Waals surface area contributed by atoms with Crippen LogP contribution in [0.5, 0.6) is 0 Å². The van der Waals surface area contributed by atoms with Crippen molar-refractivity contribution in [2.75, 3.05) is 31.2 Å². The molecule has 1 fully saturated rings. The second-order valence-corrected chi connectivity index (χ2v) is 4.33. The van der Waals surface area contributed by atoms with Gasteiger partial charge in [0.15, 0.2) is 5.65 Å². The molecule has 2 aromatic heterocycles. The molecule has 0 aromatic carbocycles. The normalized spacial score (nSPS) is 16.7. The van der Waals surface area contributed by atoms with Gasteiger partial charge in [-0.3, -0.25) is 0 Å². The molecule has 1 aliphatic heterocycles. The Labute approximate surface area is 100 Å². The standard InChI is InChI=1S/C12H16N4O/c1-9-10(2)16-12(14-9)11(3-4-13-16)15-5-7-17-8-6-15/h3-4H,5-8H2,1-2H3. The van der Waals surface area contributed by atoms with Crippen LogP contribution in [0.15, 0.2) is 12.3 Å². The number of aryl methyl sites for hydroxylation is 2. The van der Waals surface area contributed by atoms with Crippen LogP contribution in [0, 0.1) is 13.8 Å². The third-order valence-electron chi connectivity index (χ3n) is 3.31. The summed E-state index contributed by atoms with van der Waals surface area (Å²) >= 11 is 0. The van der Waals surface area contributed by atoms with Crippen LogP contribution in [0.25, 0.3) is 5.65 Å². The lowest BCUT2D eigenvalue weighted by Crippen LogP contribution is -2.36. The first-order valence-corrected chi connectivity index (χ1v) is 5.91. The van der Waals surface area contributed by atoms with Gasteiger partial charge in [0.2, 0.25) is 0 Å². The second kappa shape index (κ2) is 4.00. The summed E-state index contributed by atoms with van der Waals surface area (Å²) in [5, 5.41) is 4.35. The highest BCUT2D eigenvalue weighted by Crippen LogP contribution is 2.22. The van der Waals surface area contributed by atoms with Gasteiger partial charge in [-0.05, 0) is 19.9 Å². The third kappa shape index (κ3) is 1.67. The van der Waals surface area contributed by atoms with Gasteiger partial charge < -0.3 is 9.64 Å². The van der Waals surface area contributed by atoms with Gasteiger partial charge in [-0.25, -0.2) is 9.50 Å². The van der Waals surface area contributed by atoms with Crippen molar-refractivity contribution in [3.05, 3.63) is 23.7 Å². The van der Waals surface area contributed by atoms with E-state index in [1.165, 1.54) is 0 Å². The Kier molecular flexibility index (Phi) is 2.48. The maximum atomic E-state index is 5.38. The summed E-state index contributed by atoms with van der Waals surface area (Å²) in [6.07, 6.45) is 1.84. The Morgan fingerprint density at radius 1 is 1.24 bits per heavy atom. The molecule has 0 atom stereocenters. The summed E-state index contributed by atoms with van der Waals surface area (Å²) < 4.78 is 7.29. The minimum absolute atomic E-state index is 0.785. The average molecular weight is 232 g/mol. The van der Waals surface area contributed by atoms with Crippen molar-refractivity contribution in [2.45, 2.75) is 13.8 Å². The van der Waals surface area contributed by atoms with Crippen LogP contribution in [0.4, 0.5) is 5.69 Å². The van der Waals surface area contributed by atoms with Crippen molar-refractivity contribution in [1.29, 1.82) is 0 Å². The van der Waals surface area contributed by atoms with Crippen molar-refractivity contribution in [3.63, 3.8) is 0 Å². The zero-order valence-electron chi connectivity index (χ0n) is 10.2. The topological polar surface area (TPSA) is 42.7 Å². The Bertz CT molecular complexity index is 543. The van der Waals surface area contributed by atoms with Crippen molar-refractivity contribution < 1.29 is 4.74 Å². The number of hydrogen-bond acceptors (Lipinski definition) is 4. The van der Waals surface area contributed by atoms with Crippen molar-refractivity contribution in [1.82, 2.24) is 14.6 Å². The fourth-order valence-electron chi connectivity index (χ4n) is 2.20. The molecule has 0 amide bonds. The van der Waals surface area contributed by atoms with Gasteiger partial charge >= 0.3 is 0 Å². The van der Waals surface area contributed by atoms with E-state index in [0.29, 0.717) is 0 Å². The van der Waals surface area contributed by atoms with Crippen LogP contribution in [0.1, 0.15) is 11.4 Å². The lowest BCUT2D eigenvalue weighted by molar-refractivity contribution is 0.123. The van der Waals surface area contributed by atoms with E-state index in [1.54, 1.807) is 0 Å². The molecule has 17 heavy (non-hydrogen) atoms. The zero-order chi connectivity index (χ0) is 11.8. The lowest BCUT2D eigenvalue weighted by Gasteiger charge is -2.28. The number of anilines is 1. The molecule has 3 heterocycles. The first-order valence-electron chi connectivity index (χ1n) is 5.91. The molecule has 0 N–H and O–H groups in total. The van der Waals surface area contributed by atoms with Crippen LogP contribution in [-0.2, 0) is 4.74 Å². The van der Waals surface area contributed by atoms with Crippen molar-refractivity contribution in [3.8, 4) is 0 Å². The monoisotopic (exact) mass is 232 g/mol. The van der Waals surface area contributed by atoms with Crippen molar-refractivity contribution in [2.24, 2.45) is 0 Å². The van der Waals surface area contributed by atoms with Gasteiger partial charge in [-0.2, -0.15) is 5.10 Å². The van der Waals surface area contributed by atoms with Gasteiger partial charge in [0.05, 0.1) is 36.5 Å². The number of ether oxygens (including phenoxy) is 1. The highest BCUT2D eigenvalue weighted by atomic mass is 16.5. The van der Waals surface area contributed by atoms with Crippen LogP contribution in [0.2, 0.25) is 0 Å². The molecular formula is C12H16N4O. The summed E-state index contributed by atoms with van der Waals surface area (Å²) in [6.45, 7) is 7.48. The largest absolute Gasteiger partial charge is 0.378 e. The predicted molar refractivity (Wildman–Crippen MR) is 65.5 cm³/mol. The van der Waals surface area contributed by atoms with E-state index >= 15 is 0 Å². The van der Waals surface area contributed by atoms with Gasteiger partial charge in [-0.15, -0.1) is 0 Å². The molecule has 1 aliphatic rings. The average Bonchev–Trinajstić information content (AvgIpc) is 2.67. The van der Waals surface area contributed by atoms with Crippen LogP contribution in [-0.4, -0.2) is 40.9 Å². The Morgan fingerprint density at radius 3 is 2.76 bits per heavy atom. The SMILES string of the molecule is Cc1nc2c(N3CCOCC3)ccnn2c1C. The first-order chi connectivity index (χ1) is 8.27. The van der Waals surface area contributed by atoms with Gasteiger partial charge in [0.25, 0.3) is 0 Å². The Balaban J connectivity index is 2.12. The summed E-state index contributed by atoms with van der Waals surface area (Å²) in [6, 6.07) is 2.03. The molecule has 3 rings (SSSR count). The molecule has 0 aliphatic carbocycles. The van der Waals surface area contributed by atoms with Gasteiger partial charge in [0, 0.05) is 13.1 Å². The molecule has 90 valence electrons. The van der Waals surface area contributed by atoms with E-state index in [9.17, 15) is 0 Å². The van der Waals surface area contributed by atoms with Gasteiger partial charge in [-0.1, -0.05) is 0 Å².